The molecule has 3 aliphatic carbocycles. The summed E-state index contributed by atoms with van der Waals surface area (Å²) < 4.78 is 15.5. The van der Waals surface area contributed by atoms with Gasteiger partial charge in [-0.05, 0) is 135 Å². The Labute approximate surface area is 299 Å². The molecule has 2 heteroatoms. The topological polar surface area (TPSA) is 3.24 Å². The Morgan fingerprint density at radius 1 is 0.451 bits per heavy atom. The number of rotatable bonds is 6. The van der Waals surface area contributed by atoms with Crippen LogP contribution in [0.3, 0.4) is 0 Å². The molecule has 2 saturated carbocycles. The van der Waals surface area contributed by atoms with Crippen molar-refractivity contribution in [1.29, 1.82) is 0 Å². The fourth-order valence-electron chi connectivity index (χ4n) is 9.78. The summed E-state index contributed by atoms with van der Waals surface area (Å²) in [7, 11) is 0. The maximum atomic E-state index is 15.5. The number of benzene rings is 7. The van der Waals surface area contributed by atoms with Crippen molar-refractivity contribution in [2.24, 2.45) is 11.8 Å². The molecule has 0 saturated heterocycles. The Morgan fingerprint density at radius 2 is 1.08 bits per heavy atom. The Hall–Kier alpha value is -5.73. The van der Waals surface area contributed by atoms with E-state index in [4.69, 9.17) is 0 Å². The molecule has 3 unspecified atom stereocenters. The first-order chi connectivity index (χ1) is 25.1. The third-order valence-electron chi connectivity index (χ3n) is 12.0. The van der Waals surface area contributed by atoms with Crippen molar-refractivity contribution in [3.05, 3.63) is 187 Å². The second kappa shape index (κ2) is 12.0. The van der Waals surface area contributed by atoms with E-state index < -0.39 is 0 Å². The van der Waals surface area contributed by atoms with Crippen LogP contribution >= 0.6 is 0 Å². The lowest BCUT2D eigenvalue weighted by molar-refractivity contribution is 0.327. The zero-order valence-corrected chi connectivity index (χ0v) is 28.5. The number of halogens is 1. The summed E-state index contributed by atoms with van der Waals surface area (Å²) in [6.45, 7) is 0. The molecular weight excluding hydrogens is 622 g/mol. The molecule has 51 heavy (non-hydrogen) atoms. The SMILES string of the molecule is Fc1cc(-c2ccccc2)cc(N(c2ccc(-c3ccc4c(c3)C3(CC5CCC3C5)c3ccccc3-4)cc2)c2cccc(-c3ccccc3)c2)c1. The average Bonchev–Trinajstić information content (AvgIpc) is 3.89. The van der Waals surface area contributed by atoms with Crippen molar-refractivity contribution >= 4 is 17.1 Å². The second-order valence-electron chi connectivity index (χ2n) is 14.7. The van der Waals surface area contributed by atoms with Gasteiger partial charge in [-0.25, -0.2) is 4.39 Å². The van der Waals surface area contributed by atoms with E-state index in [1.165, 1.54) is 53.5 Å². The molecule has 3 atom stereocenters. The second-order valence-corrected chi connectivity index (χ2v) is 14.7. The average molecular weight is 660 g/mol. The summed E-state index contributed by atoms with van der Waals surface area (Å²) in [5, 5.41) is 0. The lowest BCUT2D eigenvalue weighted by Gasteiger charge is -2.36. The van der Waals surface area contributed by atoms with E-state index >= 15 is 4.39 Å². The molecule has 3 aliphatic rings. The van der Waals surface area contributed by atoms with Gasteiger partial charge < -0.3 is 4.90 Å². The monoisotopic (exact) mass is 659 g/mol. The van der Waals surface area contributed by atoms with Crippen molar-refractivity contribution in [2.45, 2.75) is 31.1 Å². The van der Waals surface area contributed by atoms with Gasteiger partial charge in [0.1, 0.15) is 5.82 Å². The van der Waals surface area contributed by atoms with E-state index in [1.54, 1.807) is 17.7 Å². The number of hydrogen-bond acceptors (Lipinski definition) is 1. The highest BCUT2D eigenvalue weighted by Gasteiger charge is 2.56. The van der Waals surface area contributed by atoms with Gasteiger partial charge >= 0.3 is 0 Å². The Bertz CT molecular complexity index is 2400. The van der Waals surface area contributed by atoms with Crippen LogP contribution in [0.4, 0.5) is 21.5 Å². The van der Waals surface area contributed by atoms with Crippen molar-refractivity contribution in [3.8, 4) is 44.5 Å². The zero-order chi connectivity index (χ0) is 33.9. The fourth-order valence-corrected chi connectivity index (χ4v) is 9.78. The summed E-state index contributed by atoms with van der Waals surface area (Å²) in [5.74, 6) is 1.31. The van der Waals surface area contributed by atoms with Crippen molar-refractivity contribution in [2.75, 3.05) is 4.90 Å². The maximum Gasteiger partial charge on any atom is 0.125 e. The standard InChI is InChI=1S/C49H38FN/c50-41-27-39(35-12-5-2-6-13-35)29-44(31-41)51(43-15-9-14-37(28-43)34-10-3-1-4-11-34)42-23-19-36(20-24-42)38-21-25-46-45-16-7-8-17-47(45)49(48(46)30-38)32-33-18-22-40(49)26-33/h1-17,19-21,23-25,27-31,33,40H,18,22,26,32H2. The first-order valence-corrected chi connectivity index (χ1v) is 18.3. The third kappa shape index (κ3) is 4.96. The summed E-state index contributed by atoms with van der Waals surface area (Å²) in [6, 6.07) is 59.6. The Balaban J connectivity index is 1.07. The van der Waals surface area contributed by atoms with Gasteiger partial charge in [0.15, 0.2) is 0 Å². The molecule has 0 heterocycles. The van der Waals surface area contributed by atoms with Crippen LogP contribution in [-0.4, -0.2) is 0 Å². The molecule has 0 N–H and O–H groups in total. The minimum absolute atomic E-state index is 0.152. The van der Waals surface area contributed by atoms with Crippen molar-refractivity contribution < 1.29 is 4.39 Å². The van der Waals surface area contributed by atoms with Gasteiger partial charge in [-0.2, -0.15) is 0 Å². The smallest absolute Gasteiger partial charge is 0.125 e. The first kappa shape index (κ1) is 30.1. The molecule has 10 rings (SSSR count). The third-order valence-corrected chi connectivity index (χ3v) is 12.0. The molecule has 2 bridgehead atoms. The Morgan fingerprint density at radius 3 is 1.82 bits per heavy atom. The van der Waals surface area contributed by atoms with Crippen LogP contribution in [0.25, 0.3) is 44.5 Å². The molecule has 1 spiro atoms. The molecule has 0 aromatic heterocycles. The predicted octanol–water partition coefficient (Wildman–Crippen LogP) is 13.4. The van der Waals surface area contributed by atoms with Crippen LogP contribution in [0, 0.1) is 17.7 Å². The van der Waals surface area contributed by atoms with Gasteiger partial charge in [0, 0.05) is 22.5 Å². The van der Waals surface area contributed by atoms with Gasteiger partial charge in [-0.15, -0.1) is 0 Å². The minimum Gasteiger partial charge on any atom is -0.310 e. The quantitative estimate of drug-likeness (QED) is 0.172. The van der Waals surface area contributed by atoms with Crippen LogP contribution in [0.2, 0.25) is 0 Å². The van der Waals surface area contributed by atoms with E-state index in [0.717, 1.165) is 51.2 Å². The normalized spacial score (nSPS) is 19.6. The molecule has 7 aromatic rings. The van der Waals surface area contributed by atoms with E-state index in [9.17, 15) is 0 Å². The zero-order valence-electron chi connectivity index (χ0n) is 28.5. The summed E-state index contributed by atoms with van der Waals surface area (Å²) >= 11 is 0. The van der Waals surface area contributed by atoms with Crippen molar-refractivity contribution in [1.82, 2.24) is 0 Å². The molecule has 0 aliphatic heterocycles. The van der Waals surface area contributed by atoms with Crippen LogP contribution < -0.4 is 4.90 Å². The van der Waals surface area contributed by atoms with Gasteiger partial charge in [0.25, 0.3) is 0 Å². The van der Waals surface area contributed by atoms with E-state index in [1.807, 2.05) is 36.4 Å². The number of fused-ring (bicyclic) bond motifs is 8. The molecule has 2 fully saturated rings. The number of hydrogen-bond donors (Lipinski definition) is 0. The molecular formula is C49H38FN. The Kier molecular flexibility index (Phi) is 7.06. The summed E-state index contributed by atoms with van der Waals surface area (Å²) in [5.41, 5.74) is 15.4. The highest BCUT2D eigenvalue weighted by atomic mass is 19.1. The van der Waals surface area contributed by atoms with Crippen molar-refractivity contribution in [3.63, 3.8) is 0 Å². The van der Waals surface area contributed by atoms with Gasteiger partial charge in [-0.3, -0.25) is 0 Å². The largest absolute Gasteiger partial charge is 0.310 e. The van der Waals surface area contributed by atoms with Crippen LogP contribution in [0.1, 0.15) is 36.8 Å². The highest BCUT2D eigenvalue weighted by molar-refractivity contribution is 5.86. The highest BCUT2D eigenvalue weighted by Crippen LogP contribution is 2.65. The minimum atomic E-state index is -0.263. The van der Waals surface area contributed by atoms with Crippen LogP contribution in [0.5, 0.6) is 0 Å². The summed E-state index contributed by atoms with van der Waals surface area (Å²) in [4.78, 5) is 2.18. The molecule has 0 radical (unpaired) electrons. The first-order valence-electron chi connectivity index (χ1n) is 18.3. The van der Waals surface area contributed by atoms with Gasteiger partial charge in [-0.1, -0.05) is 128 Å². The molecule has 0 amide bonds. The van der Waals surface area contributed by atoms with Gasteiger partial charge in [0.2, 0.25) is 0 Å². The predicted molar refractivity (Wildman–Crippen MR) is 209 cm³/mol. The van der Waals surface area contributed by atoms with Crippen LogP contribution in [-0.2, 0) is 5.41 Å². The van der Waals surface area contributed by atoms with E-state index in [2.05, 4.69) is 126 Å². The van der Waals surface area contributed by atoms with Gasteiger partial charge in [0.05, 0.1) is 0 Å². The number of nitrogens with zero attached hydrogens (tertiary/aromatic N) is 1. The van der Waals surface area contributed by atoms with E-state index in [-0.39, 0.29) is 11.2 Å². The molecule has 246 valence electrons. The van der Waals surface area contributed by atoms with E-state index in [0.29, 0.717) is 0 Å². The maximum absolute atomic E-state index is 15.5. The fraction of sp³-hybridized carbons (Fsp3) is 0.143. The lowest BCUT2D eigenvalue weighted by atomic mass is 9.66. The van der Waals surface area contributed by atoms with Crippen LogP contribution in [0.15, 0.2) is 170 Å². The number of anilines is 3. The molecule has 1 nitrogen and oxygen atoms in total. The molecule has 7 aromatic carbocycles. The summed E-state index contributed by atoms with van der Waals surface area (Å²) in [6.07, 6.45) is 5.36. The lowest BCUT2D eigenvalue weighted by Crippen LogP contribution is -2.31.